The van der Waals surface area contributed by atoms with Gasteiger partial charge in [-0.05, 0) is 5.57 Å². The van der Waals surface area contributed by atoms with E-state index in [-0.39, 0.29) is 5.57 Å². The van der Waals surface area contributed by atoms with E-state index in [1.807, 2.05) is 0 Å². The van der Waals surface area contributed by atoms with Crippen molar-refractivity contribution in [2.45, 2.75) is 85.8 Å². The fourth-order valence-electron chi connectivity index (χ4n) is 4.08. The highest BCUT2D eigenvalue weighted by atomic mass is 16.7. The summed E-state index contributed by atoms with van der Waals surface area (Å²) >= 11 is 0. The van der Waals surface area contributed by atoms with Gasteiger partial charge in [-0.15, -0.1) is 0 Å². The standard InChI is InChI=1S/C19H33NO14/c20-6-1-5(2-21)17(14(28)9(6)23)34-19-16(30)13(27)11(25)8(33-19)4-31-18-15(29)12(26)10(24)7(3-22)32-18/h1,6-19,21-30H,2-4,20H2. The lowest BCUT2D eigenvalue weighted by molar-refractivity contribution is -0.338. The van der Waals surface area contributed by atoms with Crippen LogP contribution < -0.4 is 5.73 Å². The Kier molecular flexibility index (Phi) is 9.35. The van der Waals surface area contributed by atoms with Gasteiger partial charge in [0, 0.05) is 0 Å². The van der Waals surface area contributed by atoms with Crippen LogP contribution in [-0.2, 0) is 18.9 Å². The van der Waals surface area contributed by atoms with Crippen LogP contribution in [0.5, 0.6) is 0 Å². The average molecular weight is 499 g/mol. The van der Waals surface area contributed by atoms with Crippen molar-refractivity contribution in [1.29, 1.82) is 0 Å². The lowest BCUT2D eigenvalue weighted by atomic mass is 9.88. The Bertz CT molecular complexity index is 696. The fourth-order valence-corrected chi connectivity index (χ4v) is 4.08. The van der Waals surface area contributed by atoms with Gasteiger partial charge in [-0.3, -0.25) is 0 Å². The molecule has 0 amide bonds. The predicted octanol–water partition coefficient (Wildman–Crippen LogP) is -7.02. The van der Waals surface area contributed by atoms with Gasteiger partial charge in [-0.2, -0.15) is 0 Å². The number of nitrogens with two attached hydrogens (primary N) is 1. The number of hydrogen-bond donors (Lipinski definition) is 11. The average Bonchev–Trinajstić information content (AvgIpc) is 2.82. The topological polar surface area (TPSA) is 265 Å². The van der Waals surface area contributed by atoms with Crippen LogP contribution >= 0.6 is 0 Å². The molecule has 14 atom stereocenters. The molecule has 2 aliphatic heterocycles. The molecule has 0 aromatic rings. The third kappa shape index (κ3) is 5.44. The van der Waals surface area contributed by atoms with Crippen LogP contribution in [0, 0.1) is 0 Å². The maximum Gasteiger partial charge on any atom is 0.187 e. The molecule has 15 nitrogen and oxygen atoms in total. The maximum atomic E-state index is 10.3. The van der Waals surface area contributed by atoms with Crippen molar-refractivity contribution >= 4 is 0 Å². The Hall–Kier alpha value is -0.860. The third-order valence-electron chi connectivity index (χ3n) is 6.23. The summed E-state index contributed by atoms with van der Waals surface area (Å²) in [6.07, 6.45) is -19.3. The maximum absolute atomic E-state index is 10.3. The number of ether oxygens (including phenoxy) is 4. The van der Waals surface area contributed by atoms with Crippen molar-refractivity contribution in [3.05, 3.63) is 11.6 Å². The van der Waals surface area contributed by atoms with Crippen molar-refractivity contribution in [3.63, 3.8) is 0 Å². The number of rotatable bonds is 7. The summed E-state index contributed by atoms with van der Waals surface area (Å²) in [5, 5.41) is 99.7. The van der Waals surface area contributed by atoms with Crippen LogP contribution in [0.2, 0.25) is 0 Å². The van der Waals surface area contributed by atoms with E-state index in [2.05, 4.69) is 0 Å². The summed E-state index contributed by atoms with van der Waals surface area (Å²) < 4.78 is 21.5. The SMILES string of the molecule is NC1C=C(CO)C(OC2OC(COC3OC(CO)C(O)C(O)C3O)C(O)C(O)C2O)C(O)C1O. The number of aliphatic hydroxyl groups excluding tert-OH is 10. The van der Waals surface area contributed by atoms with Gasteiger partial charge in [0.15, 0.2) is 12.6 Å². The van der Waals surface area contributed by atoms with Gasteiger partial charge in [0.2, 0.25) is 0 Å². The van der Waals surface area contributed by atoms with Crippen LogP contribution in [0.1, 0.15) is 0 Å². The molecule has 2 heterocycles. The Morgan fingerprint density at radius 1 is 0.706 bits per heavy atom. The van der Waals surface area contributed by atoms with E-state index < -0.39 is 106 Å². The molecule has 14 unspecified atom stereocenters. The van der Waals surface area contributed by atoms with Gasteiger partial charge in [0.1, 0.15) is 67.1 Å². The highest BCUT2D eigenvalue weighted by molar-refractivity contribution is 5.21. The molecule has 0 aromatic heterocycles. The molecule has 2 saturated heterocycles. The van der Waals surface area contributed by atoms with Crippen molar-refractivity contribution in [2.24, 2.45) is 5.73 Å². The lowest BCUT2D eigenvalue weighted by Gasteiger charge is -2.44. The van der Waals surface area contributed by atoms with Crippen LogP contribution in [0.4, 0.5) is 0 Å². The number of hydrogen-bond acceptors (Lipinski definition) is 15. The van der Waals surface area contributed by atoms with Crippen molar-refractivity contribution in [2.75, 3.05) is 19.8 Å². The van der Waals surface area contributed by atoms with Gasteiger partial charge in [-0.25, -0.2) is 0 Å². The van der Waals surface area contributed by atoms with Gasteiger partial charge < -0.3 is 75.7 Å². The molecule has 0 bridgehead atoms. The second kappa shape index (κ2) is 11.5. The summed E-state index contributed by atoms with van der Waals surface area (Å²) in [4.78, 5) is 0. The van der Waals surface area contributed by atoms with Gasteiger partial charge in [0.05, 0.1) is 25.9 Å². The molecular weight excluding hydrogens is 466 g/mol. The second-order valence-corrected chi connectivity index (χ2v) is 8.56. The monoisotopic (exact) mass is 499 g/mol. The first-order valence-electron chi connectivity index (χ1n) is 10.7. The minimum absolute atomic E-state index is 0.0934. The molecule has 3 rings (SSSR count). The summed E-state index contributed by atoms with van der Waals surface area (Å²) in [7, 11) is 0. The zero-order valence-electron chi connectivity index (χ0n) is 18.0. The largest absolute Gasteiger partial charge is 0.394 e. The smallest absolute Gasteiger partial charge is 0.187 e. The normalized spacial score (nSPS) is 50.1. The summed E-state index contributed by atoms with van der Waals surface area (Å²) in [5.41, 5.74) is 5.77. The first-order chi connectivity index (χ1) is 16.0. The van der Waals surface area contributed by atoms with Crippen molar-refractivity contribution in [1.82, 2.24) is 0 Å². The van der Waals surface area contributed by atoms with Gasteiger partial charge >= 0.3 is 0 Å². The van der Waals surface area contributed by atoms with E-state index >= 15 is 0 Å². The predicted molar refractivity (Wildman–Crippen MR) is 106 cm³/mol. The van der Waals surface area contributed by atoms with Crippen molar-refractivity contribution < 1.29 is 70.0 Å². The molecule has 15 heteroatoms. The molecule has 0 radical (unpaired) electrons. The van der Waals surface area contributed by atoms with E-state index in [4.69, 9.17) is 24.7 Å². The molecule has 1 aliphatic carbocycles. The van der Waals surface area contributed by atoms with Gasteiger partial charge in [0.25, 0.3) is 0 Å². The first-order valence-corrected chi connectivity index (χ1v) is 10.7. The Morgan fingerprint density at radius 2 is 1.26 bits per heavy atom. The summed E-state index contributed by atoms with van der Waals surface area (Å²) in [6.45, 7) is -1.86. The lowest BCUT2D eigenvalue weighted by Crippen LogP contribution is -2.63. The zero-order valence-corrected chi connectivity index (χ0v) is 18.0. The molecule has 3 aliphatic rings. The van der Waals surface area contributed by atoms with Crippen LogP contribution in [0.25, 0.3) is 0 Å². The van der Waals surface area contributed by atoms with E-state index in [1.54, 1.807) is 0 Å². The summed E-state index contributed by atoms with van der Waals surface area (Å²) in [6, 6.07) is -0.985. The van der Waals surface area contributed by atoms with Crippen LogP contribution in [0.15, 0.2) is 11.6 Å². The van der Waals surface area contributed by atoms with E-state index in [0.717, 1.165) is 0 Å². The first kappa shape index (κ1) is 27.7. The highest BCUT2D eigenvalue weighted by Gasteiger charge is 2.49. The molecular formula is C19H33NO14. The van der Waals surface area contributed by atoms with Crippen LogP contribution in [0.3, 0.4) is 0 Å². The Morgan fingerprint density at radius 3 is 1.85 bits per heavy atom. The molecule has 12 N–H and O–H groups in total. The fraction of sp³-hybridized carbons (Fsp3) is 0.895. The minimum Gasteiger partial charge on any atom is -0.394 e. The Labute approximate surface area is 193 Å². The minimum atomic E-state index is -1.81. The highest BCUT2D eigenvalue weighted by Crippen LogP contribution is 2.29. The molecule has 0 saturated carbocycles. The molecule has 0 aromatic carbocycles. The quantitative estimate of drug-likeness (QED) is 0.145. The van der Waals surface area contributed by atoms with Crippen molar-refractivity contribution in [3.8, 4) is 0 Å². The molecule has 0 spiro atoms. The van der Waals surface area contributed by atoms with Gasteiger partial charge in [-0.1, -0.05) is 6.08 Å². The third-order valence-corrected chi connectivity index (χ3v) is 6.23. The van der Waals surface area contributed by atoms with E-state index in [1.165, 1.54) is 6.08 Å². The number of aliphatic hydroxyl groups is 10. The molecule has 2 fully saturated rings. The Balaban J connectivity index is 1.68. The van der Waals surface area contributed by atoms with Crippen LogP contribution in [-0.4, -0.2) is 157 Å². The molecule has 198 valence electrons. The zero-order chi connectivity index (χ0) is 25.3. The molecule has 34 heavy (non-hydrogen) atoms. The van der Waals surface area contributed by atoms with E-state index in [9.17, 15) is 51.1 Å². The second-order valence-electron chi connectivity index (χ2n) is 8.56. The summed E-state index contributed by atoms with van der Waals surface area (Å²) in [5.74, 6) is 0. The van der Waals surface area contributed by atoms with E-state index in [0.29, 0.717) is 0 Å².